The monoisotopic (exact) mass is 419 g/mol. The van der Waals surface area contributed by atoms with Gasteiger partial charge in [-0.3, -0.25) is 14.2 Å². The fourth-order valence-electron chi connectivity index (χ4n) is 4.65. The van der Waals surface area contributed by atoms with Gasteiger partial charge in [0.25, 0.3) is 5.56 Å². The van der Waals surface area contributed by atoms with Gasteiger partial charge >= 0.3 is 0 Å². The van der Waals surface area contributed by atoms with Gasteiger partial charge < -0.3 is 4.90 Å². The van der Waals surface area contributed by atoms with Crippen molar-refractivity contribution < 1.29 is 4.79 Å². The van der Waals surface area contributed by atoms with E-state index in [2.05, 4.69) is 13.8 Å². The Morgan fingerprint density at radius 2 is 1.86 bits per heavy atom. The highest BCUT2D eigenvalue weighted by Crippen LogP contribution is 2.35. The van der Waals surface area contributed by atoms with Crippen LogP contribution < -0.4 is 5.56 Å². The Morgan fingerprint density at radius 3 is 2.57 bits per heavy atom. The standard InChI is InChI=1S/C21H29N3O2S2/c1-12-8-7-9-13(2)24(12)19(25)14(3)27-21-22-18-17(20(26)23(21)4)15-10-5-6-11-16(15)28-18/h12-14H,5-11H2,1-4H3/t12-,13-,14+/m0/s1. The third-order valence-electron chi connectivity index (χ3n) is 6.23. The zero-order valence-corrected chi connectivity index (χ0v) is 18.8. The molecule has 1 fully saturated rings. The molecule has 1 amide bonds. The van der Waals surface area contributed by atoms with Crippen LogP contribution in [0.5, 0.6) is 0 Å². The number of piperidine rings is 1. The zero-order chi connectivity index (χ0) is 20.0. The molecular formula is C21H29N3O2S2. The maximum absolute atomic E-state index is 13.1. The molecule has 2 aromatic rings. The van der Waals surface area contributed by atoms with Crippen LogP contribution in [0.1, 0.15) is 63.3 Å². The van der Waals surface area contributed by atoms with E-state index < -0.39 is 0 Å². The summed E-state index contributed by atoms with van der Waals surface area (Å²) in [4.78, 5) is 35.2. The van der Waals surface area contributed by atoms with E-state index in [0.29, 0.717) is 5.16 Å². The van der Waals surface area contributed by atoms with Crippen LogP contribution >= 0.6 is 23.1 Å². The number of thioether (sulfide) groups is 1. The van der Waals surface area contributed by atoms with Crippen molar-refractivity contribution in [1.29, 1.82) is 0 Å². The molecular weight excluding hydrogens is 390 g/mol. The number of likely N-dealkylation sites (tertiary alicyclic amines) is 1. The van der Waals surface area contributed by atoms with Gasteiger partial charge in [-0.15, -0.1) is 11.3 Å². The molecule has 0 aromatic carbocycles. The number of amides is 1. The molecule has 1 aliphatic heterocycles. The summed E-state index contributed by atoms with van der Waals surface area (Å²) < 4.78 is 1.64. The van der Waals surface area contributed by atoms with Crippen LogP contribution in [0.15, 0.2) is 9.95 Å². The van der Waals surface area contributed by atoms with Crippen molar-refractivity contribution in [3.8, 4) is 0 Å². The zero-order valence-electron chi connectivity index (χ0n) is 17.2. The lowest BCUT2D eigenvalue weighted by Gasteiger charge is -2.40. The van der Waals surface area contributed by atoms with E-state index >= 15 is 0 Å². The number of aryl methyl sites for hydroxylation is 2. The molecule has 5 nitrogen and oxygen atoms in total. The molecule has 1 aliphatic carbocycles. The van der Waals surface area contributed by atoms with Crippen LogP contribution in [0.25, 0.3) is 10.2 Å². The highest BCUT2D eigenvalue weighted by molar-refractivity contribution is 8.00. The van der Waals surface area contributed by atoms with E-state index in [1.165, 1.54) is 35.0 Å². The number of hydrogen-bond acceptors (Lipinski definition) is 5. The molecule has 0 radical (unpaired) electrons. The SMILES string of the molecule is C[C@@H](Sc1nc2sc3c(c2c(=O)n1C)CCCC3)C(=O)N1[C@@H](C)CCC[C@@H]1C. The van der Waals surface area contributed by atoms with E-state index in [-0.39, 0.29) is 28.8 Å². The van der Waals surface area contributed by atoms with Crippen molar-refractivity contribution in [1.82, 2.24) is 14.5 Å². The molecule has 1 saturated heterocycles. The smallest absolute Gasteiger partial charge is 0.262 e. The summed E-state index contributed by atoms with van der Waals surface area (Å²) in [6.45, 7) is 6.22. The van der Waals surface area contributed by atoms with Gasteiger partial charge in [0, 0.05) is 24.0 Å². The van der Waals surface area contributed by atoms with Gasteiger partial charge in [-0.2, -0.15) is 0 Å². The summed E-state index contributed by atoms with van der Waals surface area (Å²) in [6, 6.07) is 0.560. The summed E-state index contributed by atoms with van der Waals surface area (Å²) in [7, 11) is 1.79. The molecule has 3 heterocycles. The fourth-order valence-corrected chi connectivity index (χ4v) is 6.88. The summed E-state index contributed by atoms with van der Waals surface area (Å²) in [5.74, 6) is 0.157. The van der Waals surface area contributed by atoms with Gasteiger partial charge in [0.15, 0.2) is 5.16 Å². The number of carbonyl (C=O) groups excluding carboxylic acids is 1. The number of carbonyl (C=O) groups is 1. The van der Waals surface area contributed by atoms with Crippen LogP contribution in [0.4, 0.5) is 0 Å². The summed E-state index contributed by atoms with van der Waals surface area (Å²) in [5.41, 5.74) is 1.25. The Kier molecular flexibility index (Phi) is 5.58. The molecule has 0 N–H and O–H groups in total. The Hall–Kier alpha value is -1.34. The highest BCUT2D eigenvalue weighted by atomic mass is 32.2. The third-order valence-corrected chi connectivity index (χ3v) is 8.55. The number of thiophene rings is 1. The summed E-state index contributed by atoms with van der Waals surface area (Å²) in [6.07, 6.45) is 7.70. The maximum Gasteiger partial charge on any atom is 0.262 e. The minimum Gasteiger partial charge on any atom is -0.336 e. The van der Waals surface area contributed by atoms with Gasteiger partial charge in [-0.05, 0) is 71.3 Å². The average molecular weight is 420 g/mol. The predicted octanol–water partition coefficient (Wildman–Crippen LogP) is 4.14. The molecule has 0 unspecified atom stereocenters. The first kappa shape index (κ1) is 20.0. The van der Waals surface area contributed by atoms with Crippen molar-refractivity contribution in [3.05, 3.63) is 20.8 Å². The molecule has 0 bridgehead atoms. The Bertz CT molecular complexity index is 955. The first-order chi connectivity index (χ1) is 13.4. The van der Waals surface area contributed by atoms with Gasteiger partial charge in [-0.1, -0.05) is 11.8 Å². The number of fused-ring (bicyclic) bond motifs is 3. The van der Waals surface area contributed by atoms with Gasteiger partial charge in [0.1, 0.15) is 4.83 Å². The minimum absolute atomic E-state index is 0.0336. The molecule has 152 valence electrons. The second kappa shape index (κ2) is 7.82. The average Bonchev–Trinajstić information content (AvgIpc) is 3.03. The quantitative estimate of drug-likeness (QED) is 0.554. The number of aromatic nitrogens is 2. The molecule has 3 atom stereocenters. The lowest BCUT2D eigenvalue weighted by Crippen LogP contribution is -2.50. The van der Waals surface area contributed by atoms with Crippen molar-refractivity contribution in [2.75, 3.05) is 0 Å². The number of hydrogen-bond donors (Lipinski definition) is 0. The lowest BCUT2D eigenvalue weighted by atomic mass is 9.97. The second-order valence-corrected chi connectivity index (χ2v) is 10.7. The van der Waals surface area contributed by atoms with Crippen LogP contribution in [0, 0.1) is 0 Å². The number of nitrogens with zero attached hydrogens (tertiary/aromatic N) is 3. The van der Waals surface area contributed by atoms with Crippen LogP contribution in [-0.2, 0) is 24.7 Å². The van der Waals surface area contributed by atoms with E-state index in [1.54, 1.807) is 23.0 Å². The Balaban J connectivity index is 1.63. The molecule has 28 heavy (non-hydrogen) atoms. The first-order valence-corrected chi connectivity index (χ1v) is 12.1. The lowest BCUT2D eigenvalue weighted by molar-refractivity contribution is -0.136. The van der Waals surface area contributed by atoms with Crippen molar-refractivity contribution in [3.63, 3.8) is 0 Å². The molecule has 0 spiro atoms. The predicted molar refractivity (Wildman–Crippen MR) is 116 cm³/mol. The Morgan fingerprint density at radius 1 is 1.18 bits per heavy atom. The molecule has 7 heteroatoms. The Labute approximate surface area is 174 Å². The van der Waals surface area contributed by atoms with Crippen molar-refractivity contribution >= 4 is 39.2 Å². The molecule has 2 aliphatic rings. The third kappa shape index (κ3) is 3.41. The first-order valence-electron chi connectivity index (χ1n) is 10.4. The number of rotatable bonds is 3. The largest absolute Gasteiger partial charge is 0.336 e. The fraction of sp³-hybridized carbons (Fsp3) is 0.667. The summed E-state index contributed by atoms with van der Waals surface area (Å²) >= 11 is 3.09. The van der Waals surface area contributed by atoms with Gasteiger partial charge in [-0.25, -0.2) is 4.98 Å². The van der Waals surface area contributed by atoms with Crippen molar-refractivity contribution in [2.45, 2.75) is 88.2 Å². The topological polar surface area (TPSA) is 55.2 Å². The highest BCUT2D eigenvalue weighted by Gasteiger charge is 2.33. The maximum atomic E-state index is 13.1. The molecule has 4 rings (SSSR count). The van der Waals surface area contributed by atoms with Crippen LogP contribution in [0.3, 0.4) is 0 Å². The van der Waals surface area contributed by atoms with E-state index in [1.807, 2.05) is 11.8 Å². The minimum atomic E-state index is -0.256. The van der Waals surface area contributed by atoms with Crippen LogP contribution in [0.2, 0.25) is 0 Å². The van der Waals surface area contributed by atoms with Gasteiger partial charge in [0.05, 0.1) is 10.6 Å². The van der Waals surface area contributed by atoms with Crippen LogP contribution in [-0.4, -0.2) is 37.7 Å². The van der Waals surface area contributed by atoms with E-state index in [4.69, 9.17) is 4.98 Å². The normalized spacial score (nSPS) is 23.6. The van der Waals surface area contributed by atoms with Gasteiger partial charge in [0.2, 0.25) is 5.91 Å². The van der Waals surface area contributed by atoms with E-state index in [9.17, 15) is 9.59 Å². The molecule has 0 saturated carbocycles. The molecule has 2 aromatic heterocycles. The van der Waals surface area contributed by atoms with Crippen molar-refractivity contribution in [2.24, 2.45) is 7.05 Å². The van der Waals surface area contributed by atoms with E-state index in [0.717, 1.165) is 42.3 Å². The summed E-state index contributed by atoms with van der Waals surface area (Å²) in [5, 5.41) is 1.20. The second-order valence-electron chi connectivity index (χ2n) is 8.28.